The van der Waals surface area contributed by atoms with Crippen LogP contribution in [0.15, 0.2) is 108 Å². The van der Waals surface area contributed by atoms with Crippen LogP contribution in [0.2, 0.25) is 0 Å². The van der Waals surface area contributed by atoms with Gasteiger partial charge in [-0.05, 0) is 71.8 Å². The van der Waals surface area contributed by atoms with Crippen molar-refractivity contribution in [1.29, 1.82) is 0 Å². The maximum atomic E-state index is 13.6. The summed E-state index contributed by atoms with van der Waals surface area (Å²) in [5.41, 5.74) is 1.26. The first kappa shape index (κ1) is 31.1. The summed E-state index contributed by atoms with van der Waals surface area (Å²) >= 11 is 0. The molecular weight excluding hydrogens is 580 g/mol. The Hall–Kier alpha value is -4.81. The Labute approximate surface area is 247 Å². The van der Waals surface area contributed by atoms with Crippen LogP contribution in [0, 0.1) is 11.6 Å². The lowest BCUT2D eigenvalue weighted by atomic mass is 10.0. The fourth-order valence-electron chi connectivity index (χ4n) is 4.17. The zero-order valence-corrected chi connectivity index (χ0v) is 23.6. The summed E-state index contributed by atoms with van der Waals surface area (Å²) in [6.07, 6.45) is 0. The lowest BCUT2D eigenvalue weighted by molar-refractivity contribution is -0.143. The number of carbonyl (C=O) groups excluding carboxylic acids is 2. The van der Waals surface area contributed by atoms with E-state index in [4.69, 9.17) is 4.74 Å². The molecule has 9 nitrogen and oxygen atoms in total. The first-order valence-corrected chi connectivity index (χ1v) is 14.6. The number of nitrogens with zero attached hydrogens (tertiary/aromatic N) is 1. The number of ether oxygens (including phenoxy) is 1. The number of halogens is 2. The summed E-state index contributed by atoms with van der Waals surface area (Å²) in [5, 5.41) is 11.8. The van der Waals surface area contributed by atoms with Crippen molar-refractivity contribution in [2.45, 2.75) is 17.5 Å². The monoisotopic (exact) mass is 609 g/mol. The van der Waals surface area contributed by atoms with Gasteiger partial charge < -0.3 is 20.1 Å². The highest BCUT2D eigenvalue weighted by atomic mass is 32.2. The van der Waals surface area contributed by atoms with Gasteiger partial charge in [-0.25, -0.2) is 17.2 Å². The lowest BCUT2D eigenvalue weighted by Gasteiger charge is -2.31. The molecule has 0 aliphatic rings. The fraction of sp³-hybridized carbons (Fsp3) is 0.161. The van der Waals surface area contributed by atoms with E-state index in [9.17, 15) is 31.9 Å². The minimum absolute atomic E-state index is 0.0253. The van der Waals surface area contributed by atoms with Crippen molar-refractivity contribution in [2.75, 3.05) is 24.5 Å². The van der Waals surface area contributed by atoms with E-state index in [0.29, 0.717) is 11.1 Å². The molecule has 4 aromatic carbocycles. The SMILES string of the molecule is O=C(NCCO)[C@@H](c1ccccc1)N(Cc1ccc(F)cc1)C(=O)COc1ccc(S(=O)(=O)Nc2ccc(F)cc2)cc1. The number of carbonyl (C=O) groups is 2. The van der Waals surface area contributed by atoms with E-state index in [0.717, 1.165) is 12.1 Å². The van der Waals surface area contributed by atoms with Gasteiger partial charge in [0.15, 0.2) is 6.61 Å². The van der Waals surface area contributed by atoms with Gasteiger partial charge in [-0.3, -0.25) is 14.3 Å². The normalized spacial score (nSPS) is 11.8. The van der Waals surface area contributed by atoms with Crippen molar-refractivity contribution in [2.24, 2.45) is 0 Å². The summed E-state index contributed by atoms with van der Waals surface area (Å²) in [7, 11) is -3.98. The number of amides is 2. The summed E-state index contributed by atoms with van der Waals surface area (Å²) < 4.78 is 60.2. The van der Waals surface area contributed by atoms with Gasteiger partial charge in [0.2, 0.25) is 5.91 Å². The van der Waals surface area contributed by atoms with E-state index in [1.165, 1.54) is 65.6 Å². The van der Waals surface area contributed by atoms with Gasteiger partial charge in [0.25, 0.3) is 15.9 Å². The Balaban J connectivity index is 1.53. The van der Waals surface area contributed by atoms with Crippen LogP contribution in [-0.4, -0.2) is 50.0 Å². The molecule has 1 atom stereocenters. The molecule has 224 valence electrons. The van der Waals surface area contributed by atoms with Crippen LogP contribution in [0.3, 0.4) is 0 Å². The molecule has 4 aromatic rings. The van der Waals surface area contributed by atoms with Crippen molar-refractivity contribution in [3.63, 3.8) is 0 Å². The average molecular weight is 610 g/mol. The lowest BCUT2D eigenvalue weighted by Crippen LogP contribution is -2.45. The molecule has 0 aromatic heterocycles. The van der Waals surface area contributed by atoms with Gasteiger partial charge in [-0.15, -0.1) is 0 Å². The van der Waals surface area contributed by atoms with Crippen LogP contribution in [0.5, 0.6) is 5.75 Å². The van der Waals surface area contributed by atoms with E-state index in [-0.39, 0.29) is 36.0 Å². The number of sulfonamides is 1. The quantitative estimate of drug-likeness (QED) is 0.210. The summed E-state index contributed by atoms with van der Waals surface area (Å²) in [5.74, 6) is -1.87. The second kappa shape index (κ2) is 14.4. The molecule has 0 aliphatic carbocycles. The maximum absolute atomic E-state index is 13.6. The van der Waals surface area contributed by atoms with Crippen molar-refractivity contribution in [1.82, 2.24) is 10.2 Å². The number of hydrogen-bond donors (Lipinski definition) is 3. The first-order valence-electron chi connectivity index (χ1n) is 13.1. The van der Waals surface area contributed by atoms with E-state index >= 15 is 0 Å². The number of nitrogens with one attached hydrogen (secondary N) is 2. The number of anilines is 1. The molecule has 0 aliphatic heterocycles. The summed E-state index contributed by atoms with van der Waals surface area (Å²) in [6.45, 7) is -0.880. The number of benzene rings is 4. The fourth-order valence-corrected chi connectivity index (χ4v) is 5.23. The molecule has 12 heteroatoms. The summed E-state index contributed by atoms with van der Waals surface area (Å²) in [6, 6.07) is 23.2. The van der Waals surface area contributed by atoms with Crippen LogP contribution in [0.25, 0.3) is 0 Å². The molecule has 0 spiro atoms. The Kier molecular flexibility index (Phi) is 10.4. The van der Waals surface area contributed by atoms with E-state index in [1.807, 2.05) is 0 Å². The van der Waals surface area contributed by atoms with Crippen LogP contribution >= 0.6 is 0 Å². The largest absolute Gasteiger partial charge is 0.484 e. The van der Waals surface area contributed by atoms with Crippen molar-refractivity contribution >= 4 is 27.5 Å². The third-order valence-electron chi connectivity index (χ3n) is 6.27. The average Bonchev–Trinajstić information content (AvgIpc) is 3.01. The molecule has 3 N–H and O–H groups in total. The Morgan fingerprint density at radius 3 is 2.05 bits per heavy atom. The third-order valence-corrected chi connectivity index (χ3v) is 7.66. The van der Waals surface area contributed by atoms with Crippen LogP contribution in [-0.2, 0) is 26.2 Å². The predicted molar refractivity (Wildman–Crippen MR) is 155 cm³/mol. The second-order valence-electron chi connectivity index (χ2n) is 9.35. The van der Waals surface area contributed by atoms with Gasteiger partial charge in [0, 0.05) is 18.8 Å². The molecule has 2 amide bonds. The van der Waals surface area contributed by atoms with Gasteiger partial charge in [-0.2, -0.15) is 0 Å². The molecule has 0 unspecified atom stereocenters. The van der Waals surface area contributed by atoms with E-state index < -0.39 is 46.1 Å². The van der Waals surface area contributed by atoms with E-state index in [2.05, 4.69) is 10.0 Å². The number of aliphatic hydroxyl groups excluding tert-OH is 1. The van der Waals surface area contributed by atoms with Gasteiger partial charge in [-0.1, -0.05) is 42.5 Å². The summed E-state index contributed by atoms with van der Waals surface area (Å²) in [4.78, 5) is 28.1. The van der Waals surface area contributed by atoms with Crippen molar-refractivity contribution in [3.8, 4) is 5.75 Å². The van der Waals surface area contributed by atoms with Crippen LogP contribution in [0.4, 0.5) is 14.5 Å². The van der Waals surface area contributed by atoms with Gasteiger partial charge in [0.1, 0.15) is 23.4 Å². The molecule has 0 saturated heterocycles. The van der Waals surface area contributed by atoms with Gasteiger partial charge >= 0.3 is 0 Å². The van der Waals surface area contributed by atoms with Crippen molar-refractivity contribution < 1.29 is 36.6 Å². The first-order chi connectivity index (χ1) is 20.7. The number of hydrogen-bond acceptors (Lipinski definition) is 6. The van der Waals surface area contributed by atoms with E-state index in [1.54, 1.807) is 30.3 Å². The Morgan fingerprint density at radius 2 is 1.44 bits per heavy atom. The standard InChI is InChI=1S/C31H29F2N3O6S/c32-24-8-6-22(7-9-24)20-36(30(31(39)34-18-19-37)23-4-2-1-3-5-23)29(38)21-42-27-14-16-28(17-15-27)43(40,41)35-26-12-10-25(33)11-13-26/h1-17,30,35,37H,18-21H2,(H,34,39)/t30-/m1/s1. The highest BCUT2D eigenvalue weighted by Crippen LogP contribution is 2.25. The minimum atomic E-state index is -3.98. The molecule has 0 saturated carbocycles. The maximum Gasteiger partial charge on any atom is 0.261 e. The van der Waals surface area contributed by atoms with Crippen LogP contribution < -0.4 is 14.8 Å². The Morgan fingerprint density at radius 1 is 0.837 bits per heavy atom. The predicted octanol–water partition coefficient (Wildman–Crippen LogP) is 4.02. The smallest absolute Gasteiger partial charge is 0.261 e. The number of aliphatic hydroxyl groups is 1. The zero-order valence-electron chi connectivity index (χ0n) is 22.8. The second-order valence-corrected chi connectivity index (χ2v) is 11.0. The molecule has 0 heterocycles. The van der Waals surface area contributed by atoms with Gasteiger partial charge in [0.05, 0.1) is 11.5 Å². The Bertz CT molecular complexity index is 1620. The molecule has 0 bridgehead atoms. The minimum Gasteiger partial charge on any atom is -0.484 e. The molecule has 0 fully saturated rings. The third kappa shape index (κ3) is 8.60. The molecule has 4 rings (SSSR count). The number of rotatable bonds is 13. The highest BCUT2D eigenvalue weighted by Gasteiger charge is 2.31. The molecular formula is C31H29F2N3O6S. The zero-order chi connectivity index (χ0) is 30.8. The molecule has 0 radical (unpaired) electrons. The topological polar surface area (TPSA) is 125 Å². The van der Waals surface area contributed by atoms with Crippen LogP contribution in [0.1, 0.15) is 17.2 Å². The van der Waals surface area contributed by atoms with Crippen molar-refractivity contribution in [3.05, 3.63) is 126 Å². The molecule has 43 heavy (non-hydrogen) atoms. The highest BCUT2D eigenvalue weighted by molar-refractivity contribution is 7.92.